The predicted molar refractivity (Wildman–Crippen MR) is 103 cm³/mol. The van der Waals surface area contributed by atoms with E-state index in [1.54, 1.807) is 0 Å². The van der Waals surface area contributed by atoms with Crippen LogP contribution in [0.2, 0.25) is 0 Å². The van der Waals surface area contributed by atoms with Crippen molar-refractivity contribution < 1.29 is 4.79 Å². The van der Waals surface area contributed by atoms with Gasteiger partial charge < -0.3 is 9.80 Å². The van der Waals surface area contributed by atoms with Crippen LogP contribution in [0.1, 0.15) is 21.5 Å². The number of likely N-dealkylation sites (N-methyl/N-ethyl adjacent to an activating group) is 2. The maximum absolute atomic E-state index is 12.8. The van der Waals surface area contributed by atoms with Crippen LogP contribution in [0.25, 0.3) is 0 Å². The van der Waals surface area contributed by atoms with Crippen LogP contribution in [0.15, 0.2) is 48.5 Å². The summed E-state index contributed by atoms with van der Waals surface area (Å²) >= 11 is 0. The first-order chi connectivity index (χ1) is 12.0. The number of benzene rings is 2. The van der Waals surface area contributed by atoms with Gasteiger partial charge in [0.1, 0.15) is 0 Å². The molecule has 0 bridgehead atoms. The van der Waals surface area contributed by atoms with Gasteiger partial charge in [0.15, 0.2) is 0 Å². The number of anilines is 1. The number of amides is 1. The van der Waals surface area contributed by atoms with Gasteiger partial charge in [-0.1, -0.05) is 30.3 Å². The monoisotopic (exact) mass is 337 g/mol. The number of nitrogens with zero attached hydrogens (tertiary/aromatic N) is 3. The maximum atomic E-state index is 12.8. The average Bonchev–Trinajstić information content (AvgIpc) is 2.61. The summed E-state index contributed by atoms with van der Waals surface area (Å²) in [5.74, 6) is 0.0796. The van der Waals surface area contributed by atoms with Gasteiger partial charge >= 0.3 is 0 Å². The normalized spacial score (nSPS) is 17.0. The van der Waals surface area contributed by atoms with Crippen LogP contribution in [0.3, 0.4) is 0 Å². The smallest absolute Gasteiger partial charge is 0.253 e. The molecule has 0 saturated heterocycles. The van der Waals surface area contributed by atoms with E-state index in [4.69, 9.17) is 0 Å². The summed E-state index contributed by atoms with van der Waals surface area (Å²) in [7, 11) is 8.02. The van der Waals surface area contributed by atoms with Crippen molar-refractivity contribution >= 4 is 11.6 Å². The van der Waals surface area contributed by atoms with E-state index in [0.717, 1.165) is 30.8 Å². The molecule has 1 aliphatic rings. The molecule has 0 spiro atoms. The summed E-state index contributed by atoms with van der Waals surface area (Å²) in [4.78, 5) is 19.1. The lowest BCUT2D eigenvalue weighted by Gasteiger charge is -2.36. The van der Waals surface area contributed by atoms with Gasteiger partial charge in [-0.3, -0.25) is 9.69 Å². The van der Waals surface area contributed by atoms with E-state index in [1.165, 1.54) is 11.1 Å². The van der Waals surface area contributed by atoms with Gasteiger partial charge in [0.25, 0.3) is 5.91 Å². The lowest BCUT2D eigenvalue weighted by Crippen LogP contribution is -2.46. The lowest BCUT2D eigenvalue weighted by molar-refractivity contribution is 0.0733. The van der Waals surface area contributed by atoms with E-state index in [9.17, 15) is 4.79 Å². The largest absolute Gasteiger partial charge is 0.378 e. The fourth-order valence-corrected chi connectivity index (χ4v) is 3.46. The Balaban J connectivity index is 1.70. The molecule has 0 aliphatic carbocycles. The number of rotatable bonds is 4. The third-order valence-corrected chi connectivity index (χ3v) is 5.06. The quantitative estimate of drug-likeness (QED) is 0.858. The van der Waals surface area contributed by atoms with Crippen LogP contribution in [0.4, 0.5) is 5.69 Å². The van der Waals surface area contributed by atoms with Gasteiger partial charge in [-0.05, 0) is 42.8 Å². The van der Waals surface area contributed by atoms with Gasteiger partial charge in [0, 0.05) is 51.5 Å². The molecule has 1 aliphatic heterocycles. The van der Waals surface area contributed by atoms with Crippen LogP contribution in [-0.4, -0.2) is 56.5 Å². The first-order valence-corrected chi connectivity index (χ1v) is 8.75. The van der Waals surface area contributed by atoms with E-state index in [-0.39, 0.29) is 5.91 Å². The standard InChI is InChI=1S/C21H27N3O/c1-22(2)19-11-7-10-17(13-19)21(25)24(4)15-20-12-16-8-5-6-9-18(16)14-23(20)3/h5-11,13,20H,12,14-15H2,1-4H3. The molecule has 132 valence electrons. The van der Waals surface area contributed by atoms with E-state index >= 15 is 0 Å². The Morgan fingerprint density at radius 1 is 1.08 bits per heavy atom. The zero-order chi connectivity index (χ0) is 18.0. The Morgan fingerprint density at radius 3 is 2.52 bits per heavy atom. The molecule has 0 radical (unpaired) electrons. The second-order valence-corrected chi connectivity index (χ2v) is 7.17. The summed E-state index contributed by atoms with van der Waals surface area (Å²) < 4.78 is 0. The third-order valence-electron chi connectivity index (χ3n) is 5.06. The van der Waals surface area contributed by atoms with Crippen LogP contribution in [-0.2, 0) is 13.0 Å². The van der Waals surface area contributed by atoms with Crippen molar-refractivity contribution in [1.29, 1.82) is 0 Å². The van der Waals surface area contributed by atoms with Crippen LogP contribution >= 0.6 is 0 Å². The minimum Gasteiger partial charge on any atom is -0.378 e. The van der Waals surface area contributed by atoms with Gasteiger partial charge in [-0.15, -0.1) is 0 Å². The fourth-order valence-electron chi connectivity index (χ4n) is 3.46. The minimum absolute atomic E-state index is 0.0796. The molecular weight excluding hydrogens is 310 g/mol. The molecule has 1 amide bonds. The highest BCUT2D eigenvalue weighted by molar-refractivity contribution is 5.95. The topological polar surface area (TPSA) is 26.8 Å². The van der Waals surface area contributed by atoms with E-state index in [2.05, 4.69) is 36.2 Å². The Morgan fingerprint density at radius 2 is 1.80 bits per heavy atom. The molecule has 1 unspecified atom stereocenters. The van der Waals surface area contributed by atoms with Crippen molar-refractivity contribution in [3.05, 3.63) is 65.2 Å². The van der Waals surface area contributed by atoms with Crippen molar-refractivity contribution in [3.8, 4) is 0 Å². The summed E-state index contributed by atoms with van der Waals surface area (Å²) in [6.45, 7) is 1.68. The molecule has 1 atom stereocenters. The Labute approximate surface area is 150 Å². The number of carbonyl (C=O) groups is 1. The highest BCUT2D eigenvalue weighted by Gasteiger charge is 2.25. The van der Waals surface area contributed by atoms with E-state index < -0.39 is 0 Å². The van der Waals surface area contributed by atoms with Crippen LogP contribution in [0, 0.1) is 0 Å². The molecular formula is C21H27N3O. The van der Waals surface area contributed by atoms with E-state index in [1.807, 2.05) is 55.2 Å². The second-order valence-electron chi connectivity index (χ2n) is 7.17. The molecule has 2 aromatic rings. The number of carbonyl (C=O) groups excluding carboxylic acids is 1. The molecule has 0 fully saturated rings. The average molecular weight is 337 g/mol. The molecule has 0 saturated carbocycles. The Kier molecular flexibility index (Phi) is 5.09. The fraction of sp³-hybridized carbons (Fsp3) is 0.381. The third kappa shape index (κ3) is 3.85. The van der Waals surface area contributed by atoms with Gasteiger partial charge in [-0.2, -0.15) is 0 Å². The van der Waals surface area contributed by atoms with Crippen molar-refractivity contribution in [2.45, 2.75) is 19.0 Å². The molecule has 4 heteroatoms. The molecule has 2 aromatic carbocycles. The summed E-state index contributed by atoms with van der Waals surface area (Å²) in [5, 5.41) is 0. The minimum atomic E-state index is 0.0796. The molecule has 0 aromatic heterocycles. The zero-order valence-corrected chi connectivity index (χ0v) is 15.6. The summed E-state index contributed by atoms with van der Waals surface area (Å²) in [6, 6.07) is 16.8. The van der Waals surface area contributed by atoms with Crippen molar-refractivity contribution in [2.75, 3.05) is 39.6 Å². The number of fused-ring (bicyclic) bond motifs is 1. The SMILES string of the molecule is CN(CC1Cc2ccccc2CN1C)C(=O)c1cccc(N(C)C)c1. The molecule has 0 N–H and O–H groups in total. The lowest BCUT2D eigenvalue weighted by atomic mass is 9.94. The summed E-state index contributed by atoms with van der Waals surface area (Å²) in [6.07, 6.45) is 0.988. The van der Waals surface area contributed by atoms with Crippen LogP contribution < -0.4 is 4.90 Å². The molecule has 25 heavy (non-hydrogen) atoms. The maximum Gasteiger partial charge on any atom is 0.253 e. The highest BCUT2D eigenvalue weighted by atomic mass is 16.2. The van der Waals surface area contributed by atoms with Crippen LogP contribution in [0.5, 0.6) is 0 Å². The Hall–Kier alpha value is -2.33. The first-order valence-electron chi connectivity index (χ1n) is 8.75. The summed E-state index contributed by atoms with van der Waals surface area (Å²) in [5.41, 5.74) is 4.59. The predicted octanol–water partition coefficient (Wildman–Crippen LogP) is 2.88. The van der Waals surface area contributed by atoms with Gasteiger partial charge in [0.05, 0.1) is 0 Å². The van der Waals surface area contributed by atoms with Crippen molar-refractivity contribution in [1.82, 2.24) is 9.80 Å². The number of hydrogen-bond donors (Lipinski definition) is 0. The first kappa shape index (κ1) is 17.5. The molecule has 1 heterocycles. The van der Waals surface area contributed by atoms with E-state index in [0.29, 0.717) is 6.04 Å². The van der Waals surface area contributed by atoms with Crippen molar-refractivity contribution in [3.63, 3.8) is 0 Å². The van der Waals surface area contributed by atoms with Gasteiger partial charge in [-0.25, -0.2) is 0 Å². The molecule has 4 nitrogen and oxygen atoms in total. The Bertz CT molecular complexity index is 756. The van der Waals surface area contributed by atoms with Crippen molar-refractivity contribution in [2.24, 2.45) is 0 Å². The van der Waals surface area contributed by atoms with Gasteiger partial charge in [0.2, 0.25) is 0 Å². The molecule has 3 rings (SSSR count). The second kappa shape index (κ2) is 7.28. The zero-order valence-electron chi connectivity index (χ0n) is 15.6. The highest BCUT2D eigenvalue weighted by Crippen LogP contribution is 2.23. The number of hydrogen-bond acceptors (Lipinski definition) is 3.